The molecule has 86 valence electrons. The number of aromatic nitrogens is 1. The fraction of sp³-hybridized carbons (Fsp3) is 0.500. The maximum Gasteiger partial charge on any atom is 0.151 e. The van der Waals surface area contributed by atoms with Gasteiger partial charge in [0, 0.05) is 19.3 Å². The lowest BCUT2D eigenvalue weighted by atomic mass is 10.1. The first-order chi connectivity index (χ1) is 7.47. The summed E-state index contributed by atoms with van der Waals surface area (Å²) in [4.78, 5) is 6.27. The van der Waals surface area contributed by atoms with Crippen LogP contribution in [0.4, 0.5) is 11.5 Å². The maximum atomic E-state index is 8.73. The zero-order valence-corrected chi connectivity index (χ0v) is 10.2. The van der Waals surface area contributed by atoms with Crippen molar-refractivity contribution in [3.63, 3.8) is 0 Å². The molecule has 0 aliphatic carbocycles. The van der Waals surface area contributed by atoms with Crippen molar-refractivity contribution in [2.75, 3.05) is 17.7 Å². The van der Waals surface area contributed by atoms with Crippen molar-refractivity contribution in [3.05, 3.63) is 17.8 Å². The number of nitrogen functional groups attached to an aromatic ring is 1. The predicted molar refractivity (Wildman–Crippen MR) is 66.1 cm³/mol. The summed E-state index contributed by atoms with van der Waals surface area (Å²) in [6, 6.07) is 4.03. The van der Waals surface area contributed by atoms with Crippen LogP contribution in [0.15, 0.2) is 12.3 Å². The third-order valence-corrected chi connectivity index (χ3v) is 2.93. The van der Waals surface area contributed by atoms with Gasteiger partial charge in [-0.2, -0.15) is 5.26 Å². The van der Waals surface area contributed by atoms with Gasteiger partial charge in [0.2, 0.25) is 0 Å². The molecule has 4 heteroatoms. The highest BCUT2D eigenvalue weighted by Gasteiger charge is 2.16. The van der Waals surface area contributed by atoms with E-state index in [2.05, 4.69) is 25.8 Å². The molecule has 0 saturated carbocycles. The van der Waals surface area contributed by atoms with Crippen LogP contribution in [0.3, 0.4) is 0 Å². The number of hydrogen-bond acceptors (Lipinski definition) is 4. The van der Waals surface area contributed by atoms with Gasteiger partial charge in [0.05, 0.1) is 11.3 Å². The molecular formula is C12H18N4. The van der Waals surface area contributed by atoms with E-state index in [0.717, 1.165) is 5.82 Å². The highest BCUT2D eigenvalue weighted by Crippen LogP contribution is 2.23. The Bertz CT molecular complexity index is 406. The van der Waals surface area contributed by atoms with E-state index in [9.17, 15) is 0 Å². The number of rotatable bonds is 3. The van der Waals surface area contributed by atoms with E-state index in [1.165, 1.54) is 0 Å². The van der Waals surface area contributed by atoms with Crippen molar-refractivity contribution in [1.29, 1.82) is 5.26 Å². The Morgan fingerprint density at radius 1 is 1.44 bits per heavy atom. The Morgan fingerprint density at radius 2 is 2.06 bits per heavy atom. The Kier molecular flexibility index (Phi) is 3.73. The summed E-state index contributed by atoms with van der Waals surface area (Å²) >= 11 is 0. The predicted octanol–water partition coefficient (Wildman–Crippen LogP) is 2.02. The molecule has 1 unspecified atom stereocenters. The topological polar surface area (TPSA) is 65.9 Å². The van der Waals surface area contributed by atoms with Crippen LogP contribution in [0.1, 0.15) is 26.3 Å². The molecule has 0 spiro atoms. The van der Waals surface area contributed by atoms with Crippen LogP contribution < -0.4 is 10.6 Å². The molecule has 1 aromatic heterocycles. The van der Waals surface area contributed by atoms with Crippen LogP contribution in [0, 0.1) is 17.2 Å². The van der Waals surface area contributed by atoms with Gasteiger partial charge in [0.15, 0.2) is 5.82 Å². The van der Waals surface area contributed by atoms with E-state index in [4.69, 9.17) is 11.0 Å². The molecule has 0 radical (unpaired) electrons. The number of nitriles is 1. The average molecular weight is 218 g/mol. The van der Waals surface area contributed by atoms with Gasteiger partial charge in [-0.15, -0.1) is 0 Å². The number of nitrogens with two attached hydrogens (primary N) is 1. The fourth-order valence-corrected chi connectivity index (χ4v) is 1.47. The molecule has 1 atom stereocenters. The highest BCUT2D eigenvalue weighted by atomic mass is 15.2. The summed E-state index contributed by atoms with van der Waals surface area (Å²) in [5.41, 5.74) is 6.92. The van der Waals surface area contributed by atoms with E-state index in [-0.39, 0.29) is 0 Å². The molecule has 0 aliphatic rings. The summed E-state index contributed by atoms with van der Waals surface area (Å²) in [6.45, 7) is 6.44. The second-order valence-electron chi connectivity index (χ2n) is 4.34. The van der Waals surface area contributed by atoms with E-state index >= 15 is 0 Å². The minimum absolute atomic E-state index is 0.350. The molecule has 0 aromatic carbocycles. The van der Waals surface area contributed by atoms with Crippen LogP contribution in [-0.2, 0) is 0 Å². The molecule has 0 saturated heterocycles. The zero-order valence-electron chi connectivity index (χ0n) is 10.2. The van der Waals surface area contributed by atoms with Gasteiger partial charge < -0.3 is 10.6 Å². The van der Waals surface area contributed by atoms with Crippen LogP contribution in [-0.4, -0.2) is 18.1 Å². The van der Waals surface area contributed by atoms with Crippen LogP contribution in [0.5, 0.6) is 0 Å². The SMILES string of the molecule is CC(C)C(C)N(C)c1ncc(C#N)cc1N. The van der Waals surface area contributed by atoms with Crippen molar-refractivity contribution in [3.8, 4) is 6.07 Å². The van der Waals surface area contributed by atoms with Crippen molar-refractivity contribution in [2.24, 2.45) is 5.92 Å². The summed E-state index contributed by atoms with van der Waals surface area (Å²) in [6.07, 6.45) is 1.55. The molecular weight excluding hydrogens is 200 g/mol. The van der Waals surface area contributed by atoms with Crippen LogP contribution >= 0.6 is 0 Å². The molecule has 1 rings (SSSR count). The first kappa shape index (κ1) is 12.3. The molecule has 0 bridgehead atoms. The number of pyridine rings is 1. The van der Waals surface area contributed by atoms with Crippen molar-refractivity contribution in [1.82, 2.24) is 4.98 Å². The summed E-state index contributed by atoms with van der Waals surface area (Å²) in [5, 5.41) is 8.73. The highest BCUT2D eigenvalue weighted by molar-refractivity contribution is 5.64. The van der Waals surface area contributed by atoms with Crippen LogP contribution in [0.25, 0.3) is 0 Å². The summed E-state index contributed by atoms with van der Waals surface area (Å²) in [7, 11) is 1.97. The van der Waals surface area contributed by atoms with Gasteiger partial charge in [0.25, 0.3) is 0 Å². The lowest BCUT2D eigenvalue weighted by Gasteiger charge is -2.29. The summed E-state index contributed by atoms with van der Waals surface area (Å²) in [5.74, 6) is 1.25. The normalized spacial score (nSPS) is 12.2. The Labute approximate surface area is 96.7 Å². The van der Waals surface area contributed by atoms with Gasteiger partial charge in [-0.05, 0) is 18.9 Å². The fourth-order valence-electron chi connectivity index (χ4n) is 1.47. The van der Waals surface area contributed by atoms with Crippen molar-refractivity contribution >= 4 is 11.5 Å². The molecule has 0 fully saturated rings. The Morgan fingerprint density at radius 3 is 2.50 bits per heavy atom. The largest absolute Gasteiger partial charge is 0.396 e. The quantitative estimate of drug-likeness (QED) is 0.842. The smallest absolute Gasteiger partial charge is 0.151 e. The van der Waals surface area contributed by atoms with Crippen molar-refractivity contribution < 1.29 is 0 Å². The lowest BCUT2D eigenvalue weighted by Crippen LogP contribution is -2.34. The van der Waals surface area contributed by atoms with E-state index in [0.29, 0.717) is 23.2 Å². The molecule has 4 nitrogen and oxygen atoms in total. The van der Waals surface area contributed by atoms with E-state index in [1.807, 2.05) is 18.0 Å². The molecule has 0 aliphatic heterocycles. The second-order valence-corrected chi connectivity index (χ2v) is 4.34. The number of hydrogen-bond donors (Lipinski definition) is 1. The average Bonchev–Trinajstić information content (AvgIpc) is 2.26. The zero-order chi connectivity index (χ0) is 12.3. The summed E-state index contributed by atoms with van der Waals surface area (Å²) < 4.78 is 0. The van der Waals surface area contributed by atoms with Gasteiger partial charge in [-0.3, -0.25) is 0 Å². The van der Waals surface area contributed by atoms with Gasteiger partial charge in [-0.25, -0.2) is 4.98 Å². The minimum atomic E-state index is 0.350. The molecule has 2 N–H and O–H groups in total. The first-order valence-electron chi connectivity index (χ1n) is 5.35. The molecule has 1 aromatic rings. The standard InChI is InChI=1S/C12H18N4/c1-8(2)9(3)16(4)12-11(14)5-10(6-13)7-15-12/h5,7-9H,14H2,1-4H3. The third-order valence-electron chi connectivity index (χ3n) is 2.93. The molecule has 16 heavy (non-hydrogen) atoms. The van der Waals surface area contributed by atoms with E-state index in [1.54, 1.807) is 12.3 Å². The van der Waals surface area contributed by atoms with Gasteiger partial charge in [0.1, 0.15) is 6.07 Å². The second kappa shape index (κ2) is 4.84. The molecule has 0 amide bonds. The van der Waals surface area contributed by atoms with Crippen molar-refractivity contribution in [2.45, 2.75) is 26.8 Å². The number of anilines is 2. The first-order valence-corrected chi connectivity index (χ1v) is 5.35. The maximum absolute atomic E-state index is 8.73. The number of nitrogens with zero attached hydrogens (tertiary/aromatic N) is 3. The minimum Gasteiger partial charge on any atom is -0.396 e. The van der Waals surface area contributed by atoms with Crippen LogP contribution in [0.2, 0.25) is 0 Å². The Hall–Kier alpha value is -1.76. The van der Waals surface area contributed by atoms with Gasteiger partial charge in [-0.1, -0.05) is 13.8 Å². The third kappa shape index (κ3) is 2.43. The monoisotopic (exact) mass is 218 g/mol. The lowest BCUT2D eigenvalue weighted by molar-refractivity contribution is 0.503. The Balaban J connectivity index is 3.01. The molecule has 1 heterocycles. The van der Waals surface area contributed by atoms with E-state index < -0.39 is 0 Å². The van der Waals surface area contributed by atoms with Gasteiger partial charge >= 0.3 is 0 Å².